The number of carbonyl (C=O) groups is 1. The molecule has 2 heterocycles. The summed E-state index contributed by atoms with van der Waals surface area (Å²) in [5, 5.41) is 18.4. The summed E-state index contributed by atoms with van der Waals surface area (Å²) >= 11 is 0. The number of ether oxygens (including phenoxy) is 1. The first-order valence-corrected chi connectivity index (χ1v) is 8.63. The molecule has 1 N–H and O–H groups in total. The fraction of sp³-hybridized carbons (Fsp3) is 0.529. The highest BCUT2D eigenvalue weighted by Crippen LogP contribution is 2.24. The van der Waals surface area contributed by atoms with E-state index in [1.54, 1.807) is 11.0 Å². The van der Waals surface area contributed by atoms with E-state index in [9.17, 15) is 14.9 Å². The van der Waals surface area contributed by atoms with Crippen molar-refractivity contribution in [3.05, 3.63) is 34.0 Å². The van der Waals surface area contributed by atoms with Crippen LogP contribution in [0.15, 0.2) is 18.2 Å². The first-order valence-electron chi connectivity index (χ1n) is 8.63. The molecule has 0 bridgehead atoms. The van der Waals surface area contributed by atoms with Gasteiger partial charge in [-0.2, -0.15) is 5.10 Å². The number of non-ortho nitro benzene ring substituents is 1. The predicted octanol–water partition coefficient (Wildman–Crippen LogP) is 2.89. The normalized spacial score (nSPS) is 17.6. The summed E-state index contributed by atoms with van der Waals surface area (Å²) in [5.74, 6) is -0.220. The SMILES string of the molecule is CCCN(C[C@@H]1CCCCO1)C(=O)c1n[nH]c2ccc([N+](=O)[O-])cc12. The second kappa shape index (κ2) is 7.60. The minimum Gasteiger partial charge on any atom is -0.376 e. The quantitative estimate of drug-likeness (QED) is 0.640. The van der Waals surface area contributed by atoms with Gasteiger partial charge in [-0.15, -0.1) is 0 Å². The number of rotatable bonds is 6. The standard InChI is InChI=1S/C17H22N4O4/c1-2-8-20(11-13-5-3-4-9-25-13)17(22)16-14-10-12(21(23)24)6-7-15(14)18-19-16/h6-7,10,13H,2-5,8-9,11H2,1H3,(H,18,19)/t13-/m0/s1. The molecule has 2 aromatic rings. The van der Waals surface area contributed by atoms with Crippen molar-refractivity contribution in [1.29, 1.82) is 0 Å². The third-order valence-electron chi connectivity index (χ3n) is 4.44. The van der Waals surface area contributed by atoms with Crippen LogP contribution in [0, 0.1) is 10.1 Å². The number of amides is 1. The van der Waals surface area contributed by atoms with Crippen LogP contribution in [0.3, 0.4) is 0 Å². The number of nitro groups is 1. The molecule has 25 heavy (non-hydrogen) atoms. The summed E-state index contributed by atoms with van der Waals surface area (Å²) in [7, 11) is 0. The van der Waals surface area contributed by atoms with Crippen molar-refractivity contribution < 1.29 is 14.5 Å². The van der Waals surface area contributed by atoms with Gasteiger partial charge >= 0.3 is 0 Å². The van der Waals surface area contributed by atoms with Crippen LogP contribution in [0.1, 0.15) is 43.1 Å². The van der Waals surface area contributed by atoms with E-state index >= 15 is 0 Å². The van der Waals surface area contributed by atoms with Gasteiger partial charge in [0.1, 0.15) is 0 Å². The van der Waals surface area contributed by atoms with E-state index in [0.29, 0.717) is 24.0 Å². The second-order valence-electron chi connectivity index (χ2n) is 6.30. The van der Waals surface area contributed by atoms with Crippen LogP contribution >= 0.6 is 0 Å². The van der Waals surface area contributed by atoms with Gasteiger partial charge in [0, 0.05) is 37.2 Å². The fourth-order valence-corrected chi connectivity index (χ4v) is 3.17. The third-order valence-corrected chi connectivity index (χ3v) is 4.44. The largest absolute Gasteiger partial charge is 0.376 e. The van der Waals surface area contributed by atoms with Crippen molar-refractivity contribution >= 4 is 22.5 Å². The van der Waals surface area contributed by atoms with Gasteiger partial charge in [0.05, 0.1) is 16.5 Å². The molecule has 1 atom stereocenters. The van der Waals surface area contributed by atoms with Crippen molar-refractivity contribution in [3.63, 3.8) is 0 Å². The van der Waals surface area contributed by atoms with Crippen LogP contribution in [-0.4, -0.2) is 51.7 Å². The van der Waals surface area contributed by atoms with E-state index in [4.69, 9.17) is 4.74 Å². The lowest BCUT2D eigenvalue weighted by molar-refractivity contribution is -0.384. The second-order valence-corrected chi connectivity index (χ2v) is 6.30. The molecule has 0 aliphatic carbocycles. The Hall–Kier alpha value is -2.48. The number of H-pyrrole nitrogens is 1. The zero-order valence-corrected chi connectivity index (χ0v) is 14.2. The maximum Gasteiger partial charge on any atom is 0.275 e. The van der Waals surface area contributed by atoms with Crippen molar-refractivity contribution in [2.45, 2.75) is 38.7 Å². The van der Waals surface area contributed by atoms with Crippen LogP contribution in [-0.2, 0) is 4.74 Å². The van der Waals surface area contributed by atoms with E-state index in [2.05, 4.69) is 10.2 Å². The zero-order chi connectivity index (χ0) is 17.8. The summed E-state index contributed by atoms with van der Waals surface area (Å²) in [6.07, 6.45) is 3.98. The zero-order valence-electron chi connectivity index (χ0n) is 14.2. The van der Waals surface area contributed by atoms with Crippen molar-refractivity contribution in [1.82, 2.24) is 15.1 Å². The first-order chi connectivity index (χ1) is 12.1. The molecule has 134 valence electrons. The number of nitrogens with zero attached hydrogens (tertiary/aromatic N) is 3. The molecule has 0 unspecified atom stereocenters. The number of hydrogen-bond donors (Lipinski definition) is 1. The Balaban J connectivity index is 1.86. The fourth-order valence-electron chi connectivity index (χ4n) is 3.17. The van der Waals surface area contributed by atoms with Gasteiger partial charge < -0.3 is 9.64 Å². The van der Waals surface area contributed by atoms with E-state index in [0.717, 1.165) is 32.3 Å². The number of carbonyl (C=O) groups excluding carboxylic acids is 1. The van der Waals surface area contributed by atoms with E-state index in [1.807, 2.05) is 6.92 Å². The van der Waals surface area contributed by atoms with Gasteiger partial charge in [0.2, 0.25) is 0 Å². The monoisotopic (exact) mass is 346 g/mol. The number of benzene rings is 1. The number of aromatic amines is 1. The topological polar surface area (TPSA) is 101 Å². The number of nitro benzene ring substituents is 1. The molecule has 8 heteroatoms. The maximum absolute atomic E-state index is 13.0. The molecule has 1 fully saturated rings. The lowest BCUT2D eigenvalue weighted by Crippen LogP contribution is -2.40. The minimum absolute atomic E-state index is 0.0452. The lowest BCUT2D eigenvalue weighted by atomic mass is 10.1. The number of nitrogens with one attached hydrogen (secondary N) is 1. The Labute approximate surface area is 145 Å². The lowest BCUT2D eigenvalue weighted by Gasteiger charge is -2.29. The molecule has 0 saturated carbocycles. The van der Waals surface area contributed by atoms with Crippen LogP contribution in [0.5, 0.6) is 0 Å². The number of aromatic nitrogens is 2. The molecule has 1 saturated heterocycles. The molecule has 3 rings (SSSR count). The molecule has 1 aliphatic heterocycles. The summed E-state index contributed by atoms with van der Waals surface area (Å²) in [6.45, 7) is 3.86. The van der Waals surface area contributed by atoms with Crippen LogP contribution in [0.25, 0.3) is 10.9 Å². The highest BCUT2D eigenvalue weighted by molar-refractivity contribution is 6.05. The summed E-state index contributed by atoms with van der Waals surface area (Å²) in [6, 6.07) is 4.37. The van der Waals surface area contributed by atoms with E-state index < -0.39 is 4.92 Å². The van der Waals surface area contributed by atoms with Crippen LogP contribution in [0.2, 0.25) is 0 Å². The van der Waals surface area contributed by atoms with Gasteiger partial charge in [-0.25, -0.2) is 0 Å². The van der Waals surface area contributed by atoms with Crippen molar-refractivity contribution in [2.24, 2.45) is 0 Å². The van der Waals surface area contributed by atoms with Gasteiger partial charge in [-0.3, -0.25) is 20.0 Å². The van der Waals surface area contributed by atoms with Gasteiger partial charge in [0.25, 0.3) is 11.6 Å². The first kappa shape index (κ1) is 17.3. The van der Waals surface area contributed by atoms with E-state index in [-0.39, 0.29) is 23.4 Å². The molecule has 0 radical (unpaired) electrons. The highest BCUT2D eigenvalue weighted by Gasteiger charge is 2.25. The van der Waals surface area contributed by atoms with Crippen molar-refractivity contribution in [3.8, 4) is 0 Å². The molecule has 8 nitrogen and oxygen atoms in total. The average molecular weight is 346 g/mol. The van der Waals surface area contributed by atoms with Crippen molar-refractivity contribution in [2.75, 3.05) is 19.7 Å². The Morgan fingerprint density at radius 2 is 2.32 bits per heavy atom. The summed E-state index contributed by atoms with van der Waals surface area (Å²) in [5.41, 5.74) is 0.780. The Morgan fingerprint density at radius 1 is 1.48 bits per heavy atom. The minimum atomic E-state index is -0.472. The van der Waals surface area contributed by atoms with Gasteiger partial charge in [-0.1, -0.05) is 6.92 Å². The van der Waals surface area contributed by atoms with Crippen LogP contribution < -0.4 is 0 Å². The Kier molecular flexibility index (Phi) is 5.28. The Morgan fingerprint density at radius 3 is 3.00 bits per heavy atom. The summed E-state index contributed by atoms with van der Waals surface area (Å²) < 4.78 is 5.75. The van der Waals surface area contributed by atoms with Crippen LogP contribution in [0.4, 0.5) is 5.69 Å². The molecular weight excluding hydrogens is 324 g/mol. The molecule has 0 spiro atoms. The molecule has 1 aromatic heterocycles. The maximum atomic E-state index is 13.0. The summed E-state index contributed by atoms with van der Waals surface area (Å²) in [4.78, 5) is 25.3. The molecule has 1 aliphatic rings. The third kappa shape index (κ3) is 3.79. The van der Waals surface area contributed by atoms with E-state index in [1.165, 1.54) is 12.1 Å². The van der Waals surface area contributed by atoms with Gasteiger partial charge in [0.15, 0.2) is 5.69 Å². The molecule has 1 amide bonds. The average Bonchev–Trinajstić information content (AvgIpc) is 3.04. The molecule has 1 aromatic carbocycles. The molecular formula is C17H22N4O4. The predicted molar refractivity (Wildman–Crippen MR) is 92.5 cm³/mol. The highest BCUT2D eigenvalue weighted by atomic mass is 16.6. The number of fused-ring (bicyclic) bond motifs is 1. The Bertz CT molecular complexity index is 767. The smallest absolute Gasteiger partial charge is 0.275 e. The number of hydrogen-bond acceptors (Lipinski definition) is 5. The van der Waals surface area contributed by atoms with Gasteiger partial charge in [-0.05, 0) is 31.7 Å².